The topological polar surface area (TPSA) is 75.7 Å². The number of methoxy groups -OCH3 is 1. The van der Waals surface area contributed by atoms with Crippen LogP contribution in [-0.2, 0) is 27.2 Å². The van der Waals surface area contributed by atoms with Gasteiger partial charge in [0.15, 0.2) is 0 Å². The Labute approximate surface area is 201 Å². The molecule has 0 radical (unpaired) electrons. The molecule has 1 saturated heterocycles. The summed E-state index contributed by atoms with van der Waals surface area (Å²) in [5.41, 5.74) is -3.85. The van der Waals surface area contributed by atoms with Gasteiger partial charge in [0, 0.05) is 18.8 Å². The average Bonchev–Trinajstić information content (AvgIpc) is 2.77. The molecular weight excluding hydrogens is 526 g/mol. The van der Waals surface area contributed by atoms with E-state index in [0.717, 1.165) is 4.31 Å². The number of rotatable bonds is 5. The number of halogens is 7. The maximum Gasteiger partial charge on any atom is 0.416 e. The maximum absolute atomic E-state index is 13.1. The van der Waals surface area contributed by atoms with Gasteiger partial charge in [0.05, 0.1) is 34.1 Å². The molecule has 2 aromatic rings. The van der Waals surface area contributed by atoms with E-state index < -0.39 is 51.0 Å². The van der Waals surface area contributed by atoms with Crippen molar-refractivity contribution in [2.24, 2.45) is 5.92 Å². The van der Waals surface area contributed by atoms with Crippen LogP contribution in [0.2, 0.25) is 5.02 Å². The summed E-state index contributed by atoms with van der Waals surface area (Å²) in [7, 11) is -2.73. The highest BCUT2D eigenvalue weighted by Gasteiger charge is 2.38. The molecule has 0 aliphatic carbocycles. The molecule has 1 N–H and O–H groups in total. The van der Waals surface area contributed by atoms with Crippen LogP contribution in [0.4, 0.5) is 32.0 Å². The van der Waals surface area contributed by atoms with E-state index >= 15 is 0 Å². The number of carbonyl (C=O) groups is 1. The monoisotopic (exact) mass is 544 g/mol. The Bertz CT molecular complexity index is 1190. The second-order valence-corrected chi connectivity index (χ2v) is 10.1. The molecule has 192 valence electrons. The molecule has 14 heteroatoms. The molecular formula is C21H19ClF6N2O4S. The lowest BCUT2D eigenvalue weighted by molar-refractivity contribution is -0.143. The van der Waals surface area contributed by atoms with Crippen LogP contribution in [-0.4, -0.2) is 38.8 Å². The first-order valence-electron chi connectivity index (χ1n) is 10.1. The third-order valence-corrected chi connectivity index (χ3v) is 7.53. The van der Waals surface area contributed by atoms with Crippen molar-refractivity contribution in [3.63, 3.8) is 0 Å². The lowest BCUT2D eigenvalue weighted by Crippen LogP contribution is -2.43. The Kier molecular flexibility index (Phi) is 7.63. The zero-order valence-corrected chi connectivity index (χ0v) is 19.6. The summed E-state index contributed by atoms with van der Waals surface area (Å²) in [6.07, 6.45) is -9.71. The lowest BCUT2D eigenvalue weighted by Gasteiger charge is -2.31. The van der Waals surface area contributed by atoms with E-state index in [0.29, 0.717) is 12.1 Å². The number of anilines is 1. The predicted octanol–water partition coefficient (Wildman–Crippen LogP) is 5.43. The maximum atomic E-state index is 13.1. The number of piperidine rings is 1. The first-order chi connectivity index (χ1) is 16.1. The van der Waals surface area contributed by atoms with E-state index in [4.69, 9.17) is 16.3 Å². The highest BCUT2D eigenvalue weighted by molar-refractivity contribution is 7.89. The molecule has 3 rings (SSSR count). The van der Waals surface area contributed by atoms with Gasteiger partial charge in [-0.05, 0) is 49.2 Å². The number of alkyl halides is 6. The van der Waals surface area contributed by atoms with Crippen molar-refractivity contribution >= 4 is 33.2 Å². The SMILES string of the molecule is COc1ccc(S(=O)(=O)N2CCC[C@H](C(=O)Nc3cc(C(F)(F)F)cc(C(F)(F)F)c3)C2)cc1Cl. The van der Waals surface area contributed by atoms with Gasteiger partial charge in [-0.15, -0.1) is 0 Å². The van der Waals surface area contributed by atoms with Crippen LogP contribution in [0.25, 0.3) is 0 Å². The molecule has 0 aromatic heterocycles. The van der Waals surface area contributed by atoms with Crippen LogP contribution < -0.4 is 10.1 Å². The van der Waals surface area contributed by atoms with Gasteiger partial charge < -0.3 is 10.1 Å². The number of nitrogens with one attached hydrogen (secondary N) is 1. The summed E-state index contributed by atoms with van der Waals surface area (Å²) in [6.45, 7) is -0.250. The van der Waals surface area contributed by atoms with Crippen molar-refractivity contribution in [1.29, 1.82) is 0 Å². The summed E-state index contributed by atoms with van der Waals surface area (Å²) >= 11 is 6.00. The number of hydrogen-bond donors (Lipinski definition) is 1. The first kappa shape index (κ1) is 27.1. The molecule has 1 amide bonds. The number of benzene rings is 2. The number of ether oxygens (including phenoxy) is 1. The third kappa shape index (κ3) is 6.19. The van der Waals surface area contributed by atoms with E-state index in [2.05, 4.69) is 5.32 Å². The van der Waals surface area contributed by atoms with E-state index in [1.54, 1.807) is 0 Å². The van der Waals surface area contributed by atoms with Gasteiger partial charge in [-0.3, -0.25) is 4.79 Å². The van der Waals surface area contributed by atoms with Crippen LogP contribution in [0.15, 0.2) is 41.3 Å². The molecule has 0 unspecified atom stereocenters. The van der Waals surface area contributed by atoms with Crippen molar-refractivity contribution in [3.05, 3.63) is 52.5 Å². The van der Waals surface area contributed by atoms with Gasteiger partial charge in [0.25, 0.3) is 0 Å². The van der Waals surface area contributed by atoms with Crippen LogP contribution in [0.5, 0.6) is 5.75 Å². The molecule has 1 aliphatic rings. The second-order valence-electron chi connectivity index (χ2n) is 7.78. The van der Waals surface area contributed by atoms with E-state index in [1.165, 1.54) is 25.3 Å². The average molecular weight is 545 g/mol. The van der Waals surface area contributed by atoms with Gasteiger partial charge in [0.2, 0.25) is 15.9 Å². The minimum Gasteiger partial charge on any atom is -0.495 e. The van der Waals surface area contributed by atoms with Crippen LogP contribution in [0.3, 0.4) is 0 Å². The van der Waals surface area contributed by atoms with Crippen LogP contribution in [0, 0.1) is 5.92 Å². The predicted molar refractivity (Wildman–Crippen MR) is 115 cm³/mol. The quantitative estimate of drug-likeness (QED) is 0.510. The number of nitrogens with zero attached hydrogens (tertiary/aromatic N) is 1. The van der Waals surface area contributed by atoms with Crippen molar-refractivity contribution < 1.29 is 44.3 Å². The molecule has 1 heterocycles. The van der Waals surface area contributed by atoms with Gasteiger partial charge in [-0.25, -0.2) is 8.42 Å². The Hall–Kier alpha value is -2.51. The number of sulfonamides is 1. The lowest BCUT2D eigenvalue weighted by atomic mass is 9.98. The molecule has 0 saturated carbocycles. The highest BCUT2D eigenvalue weighted by Crippen LogP contribution is 2.38. The van der Waals surface area contributed by atoms with E-state index in [-0.39, 0.29) is 47.7 Å². The summed E-state index contributed by atoms with van der Waals surface area (Å²) < 4.78 is 111. The first-order valence-corrected chi connectivity index (χ1v) is 11.9. The summed E-state index contributed by atoms with van der Waals surface area (Å²) in [6, 6.07) is 4.54. The molecule has 6 nitrogen and oxygen atoms in total. The van der Waals surface area contributed by atoms with Crippen molar-refractivity contribution in [3.8, 4) is 5.75 Å². The molecule has 0 bridgehead atoms. The Morgan fingerprint density at radius 2 is 1.66 bits per heavy atom. The summed E-state index contributed by atoms with van der Waals surface area (Å²) in [4.78, 5) is 12.5. The Balaban J connectivity index is 1.82. The Morgan fingerprint density at radius 1 is 1.06 bits per heavy atom. The molecule has 1 aliphatic heterocycles. The van der Waals surface area contributed by atoms with Crippen molar-refractivity contribution in [1.82, 2.24) is 4.31 Å². The molecule has 35 heavy (non-hydrogen) atoms. The zero-order valence-electron chi connectivity index (χ0n) is 18.0. The van der Waals surface area contributed by atoms with Gasteiger partial charge >= 0.3 is 12.4 Å². The van der Waals surface area contributed by atoms with E-state index in [9.17, 15) is 39.6 Å². The van der Waals surface area contributed by atoms with Gasteiger partial charge in [-0.1, -0.05) is 11.6 Å². The third-order valence-electron chi connectivity index (χ3n) is 5.37. The standard InChI is InChI=1S/C21H19ClF6N2O4S/c1-34-18-5-4-16(10-17(18)22)35(32,33)30-6-2-3-12(11-30)19(31)29-15-8-13(20(23,24)25)7-14(9-15)21(26,27)28/h4-5,7-10,12H,2-3,6,11H2,1H3,(H,29,31)/t12-/m0/s1. The fourth-order valence-electron chi connectivity index (χ4n) is 3.60. The number of amides is 1. The molecule has 0 spiro atoms. The van der Waals surface area contributed by atoms with Gasteiger partial charge in [0.1, 0.15) is 5.75 Å². The second kappa shape index (κ2) is 9.86. The molecule has 1 fully saturated rings. The fourth-order valence-corrected chi connectivity index (χ4v) is 5.48. The smallest absolute Gasteiger partial charge is 0.416 e. The Morgan fingerprint density at radius 3 is 2.17 bits per heavy atom. The van der Waals surface area contributed by atoms with Gasteiger partial charge in [-0.2, -0.15) is 30.6 Å². The summed E-state index contributed by atoms with van der Waals surface area (Å²) in [5, 5.41) is 2.12. The van der Waals surface area contributed by atoms with E-state index in [1.807, 2.05) is 0 Å². The highest BCUT2D eigenvalue weighted by atomic mass is 35.5. The number of carbonyl (C=O) groups excluding carboxylic acids is 1. The minimum absolute atomic E-state index is 0.0462. The summed E-state index contributed by atoms with van der Waals surface area (Å²) in [5.74, 6) is -1.65. The van der Waals surface area contributed by atoms with Crippen molar-refractivity contribution in [2.75, 3.05) is 25.5 Å². The minimum atomic E-state index is -5.07. The fraction of sp³-hybridized carbons (Fsp3) is 0.381. The van der Waals surface area contributed by atoms with Crippen LogP contribution >= 0.6 is 11.6 Å². The largest absolute Gasteiger partial charge is 0.495 e. The normalized spacial score (nSPS) is 17.8. The zero-order chi connectivity index (χ0) is 26.2. The molecule has 2 aromatic carbocycles. The number of hydrogen-bond acceptors (Lipinski definition) is 4. The van der Waals surface area contributed by atoms with Crippen molar-refractivity contribution in [2.45, 2.75) is 30.1 Å². The molecule has 1 atom stereocenters. The van der Waals surface area contributed by atoms with Crippen LogP contribution in [0.1, 0.15) is 24.0 Å².